The molecule has 5 rings (SSSR count). The van der Waals surface area contributed by atoms with Crippen molar-refractivity contribution in [3.63, 3.8) is 0 Å². The Morgan fingerprint density at radius 2 is 1.68 bits per heavy atom. The Balaban J connectivity index is 0.00000113. The van der Waals surface area contributed by atoms with Gasteiger partial charge in [-0.2, -0.15) is 0 Å². The number of anilines is 2. The number of halogens is 1. The molecule has 4 aromatic rings. The number of nitrogens with zero attached hydrogens (tertiary/aromatic N) is 6. The normalized spacial score (nSPS) is 13.2. The van der Waals surface area contributed by atoms with E-state index in [4.69, 9.17) is 0 Å². The zero-order chi connectivity index (χ0) is 29.2. The number of aromatic nitrogens is 5. The molecule has 3 aromatic heterocycles. The third kappa shape index (κ3) is 7.20. The number of carbonyl (C=O) groups excluding carboxylic acids is 1. The van der Waals surface area contributed by atoms with Crippen molar-refractivity contribution in [2.24, 2.45) is 7.05 Å². The summed E-state index contributed by atoms with van der Waals surface area (Å²) in [6.07, 6.45) is 3.06. The van der Waals surface area contributed by atoms with Gasteiger partial charge in [0.05, 0.1) is 18.2 Å². The van der Waals surface area contributed by atoms with Crippen LogP contribution >= 0.6 is 0 Å². The highest BCUT2D eigenvalue weighted by molar-refractivity contribution is 5.90. The maximum absolute atomic E-state index is 13.1. The van der Waals surface area contributed by atoms with Gasteiger partial charge in [-0.3, -0.25) is 24.0 Å². The minimum absolute atomic E-state index is 0. The van der Waals surface area contributed by atoms with Gasteiger partial charge in [0.25, 0.3) is 5.56 Å². The van der Waals surface area contributed by atoms with Gasteiger partial charge in [-0.15, -0.1) is 0 Å². The van der Waals surface area contributed by atoms with E-state index in [-0.39, 0.29) is 30.9 Å². The monoisotopic (exact) mass is 554 g/mol. The highest BCUT2D eigenvalue weighted by Crippen LogP contribution is 2.18. The van der Waals surface area contributed by atoms with E-state index in [9.17, 15) is 18.8 Å². The Labute approximate surface area is 233 Å². The number of benzene rings is 1. The lowest BCUT2D eigenvalue weighted by atomic mass is 10.2. The quantitative estimate of drug-likeness (QED) is 0.375. The fraction of sp³-hybridized carbons (Fsp3) is 0.393. The van der Waals surface area contributed by atoms with Crippen molar-refractivity contribution >= 4 is 28.6 Å². The summed E-state index contributed by atoms with van der Waals surface area (Å²) in [5.74, 6) is -0.212. The molecule has 11 nitrogen and oxygen atoms in total. The van der Waals surface area contributed by atoms with E-state index in [1.807, 2.05) is 45.9 Å². The maximum atomic E-state index is 13.1. The Morgan fingerprint density at radius 1 is 1.00 bits per heavy atom. The van der Waals surface area contributed by atoms with E-state index in [1.54, 1.807) is 12.3 Å². The second kappa shape index (κ2) is 14.2. The third-order valence-electron chi connectivity index (χ3n) is 6.26. The molecule has 0 unspecified atom stereocenters. The average molecular weight is 555 g/mol. The number of carbonyl (C=O) groups is 1. The summed E-state index contributed by atoms with van der Waals surface area (Å²) in [5.41, 5.74) is 1.23. The molecule has 12 heteroatoms. The molecular formula is C28H39FN8O3. The fourth-order valence-electron chi connectivity index (χ4n) is 4.25. The molecule has 0 radical (unpaired) electrons. The molecule has 0 saturated carbocycles. The zero-order valence-corrected chi connectivity index (χ0v) is 23.6. The largest absolute Gasteiger partial charge is 0.368 e. The van der Waals surface area contributed by atoms with Crippen LogP contribution in [0, 0.1) is 5.82 Å². The molecule has 40 heavy (non-hydrogen) atoms. The lowest BCUT2D eigenvalue weighted by Crippen LogP contribution is -2.46. The lowest BCUT2D eigenvalue weighted by molar-refractivity contribution is -0.116. The maximum Gasteiger partial charge on any atom is 0.329 e. The Kier molecular flexibility index (Phi) is 10.7. The van der Waals surface area contributed by atoms with E-state index in [1.165, 1.54) is 30.1 Å². The lowest BCUT2D eigenvalue weighted by Gasteiger charge is -2.36. The van der Waals surface area contributed by atoms with Crippen molar-refractivity contribution in [3.8, 4) is 0 Å². The summed E-state index contributed by atoms with van der Waals surface area (Å²) in [5, 5.41) is 2.73. The van der Waals surface area contributed by atoms with Gasteiger partial charge in [-0.1, -0.05) is 39.8 Å². The first-order valence-electron chi connectivity index (χ1n) is 13.5. The standard InChI is InChI=1S/C24H25FN8O3.2C2H6.H2/c1-30-23(35)21-22(29-24(30)36)27-15-33(21)14-20(34)28-19-7-6-18(12-26-19)32-10-8-31(9-11-32)13-16-2-4-17(25)5-3-16;2*1-2;/h2-7,12,15H,8-11,13-14H2,1H3,(H,29,36)(H,26,28,34);2*1-2H3;1H. The van der Waals surface area contributed by atoms with E-state index < -0.39 is 11.2 Å². The Morgan fingerprint density at radius 3 is 2.30 bits per heavy atom. The Bertz CT molecular complexity index is 1510. The number of piperazine rings is 1. The van der Waals surface area contributed by atoms with Crippen LogP contribution in [0.3, 0.4) is 0 Å². The molecule has 0 aliphatic carbocycles. The number of fused-ring (bicyclic) bond motifs is 1. The average Bonchev–Trinajstić information content (AvgIpc) is 3.38. The molecule has 0 bridgehead atoms. The minimum atomic E-state index is -0.569. The number of imidazole rings is 1. The summed E-state index contributed by atoms with van der Waals surface area (Å²) in [6, 6.07) is 10.2. The molecule has 1 amide bonds. The number of hydrogen-bond donors (Lipinski definition) is 2. The molecule has 0 atom stereocenters. The second-order valence-corrected chi connectivity index (χ2v) is 8.70. The van der Waals surface area contributed by atoms with Gasteiger partial charge in [0.1, 0.15) is 18.2 Å². The van der Waals surface area contributed by atoms with Crippen molar-refractivity contribution in [3.05, 3.63) is 81.1 Å². The van der Waals surface area contributed by atoms with Gasteiger partial charge in [-0.05, 0) is 29.8 Å². The molecule has 1 aromatic carbocycles. The summed E-state index contributed by atoms with van der Waals surface area (Å²) < 4.78 is 15.4. The summed E-state index contributed by atoms with van der Waals surface area (Å²) >= 11 is 0. The highest BCUT2D eigenvalue weighted by atomic mass is 19.1. The molecule has 0 spiro atoms. The van der Waals surface area contributed by atoms with Crippen molar-refractivity contribution in [1.82, 2.24) is 29.0 Å². The number of hydrogen-bond acceptors (Lipinski definition) is 7. The van der Waals surface area contributed by atoms with Gasteiger partial charge in [0.2, 0.25) is 5.91 Å². The molecule has 1 aliphatic rings. The molecule has 1 fully saturated rings. The summed E-state index contributed by atoms with van der Waals surface area (Å²) in [4.78, 5) is 52.1. The van der Waals surface area contributed by atoms with E-state index in [0.717, 1.165) is 48.5 Å². The predicted octanol–water partition coefficient (Wildman–Crippen LogP) is 3.22. The van der Waals surface area contributed by atoms with Crippen LogP contribution in [0.5, 0.6) is 0 Å². The number of nitrogens with one attached hydrogen (secondary N) is 2. The van der Waals surface area contributed by atoms with Crippen LogP contribution in [0.25, 0.3) is 11.2 Å². The topological polar surface area (TPSA) is 121 Å². The molecule has 4 heterocycles. The van der Waals surface area contributed by atoms with E-state index in [2.05, 4.69) is 30.1 Å². The fourth-order valence-corrected chi connectivity index (χ4v) is 4.25. The van der Waals surface area contributed by atoms with Crippen LogP contribution in [0.4, 0.5) is 15.9 Å². The van der Waals surface area contributed by atoms with Crippen LogP contribution in [0.15, 0.2) is 58.5 Å². The van der Waals surface area contributed by atoms with Gasteiger partial charge in [0, 0.05) is 41.2 Å². The smallest absolute Gasteiger partial charge is 0.329 e. The van der Waals surface area contributed by atoms with Gasteiger partial charge in [0.15, 0.2) is 11.2 Å². The van der Waals surface area contributed by atoms with Crippen LogP contribution < -0.4 is 21.5 Å². The van der Waals surface area contributed by atoms with Gasteiger partial charge >= 0.3 is 5.69 Å². The number of rotatable bonds is 6. The Hall–Kier alpha value is -4.32. The highest BCUT2D eigenvalue weighted by Gasteiger charge is 2.18. The number of aromatic amines is 1. The van der Waals surface area contributed by atoms with Crippen molar-refractivity contribution in [1.29, 1.82) is 0 Å². The van der Waals surface area contributed by atoms with E-state index in [0.29, 0.717) is 5.82 Å². The number of amides is 1. The number of H-pyrrole nitrogens is 1. The first kappa shape index (κ1) is 30.2. The second-order valence-electron chi connectivity index (χ2n) is 8.70. The molecule has 2 N–H and O–H groups in total. The molecule has 1 aliphatic heterocycles. The van der Waals surface area contributed by atoms with Crippen LogP contribution in [0.1, 0.15) is 34.7 Å². The number of pyridine rings is 1. The zero-order valence-electron chi connectivity index (χ0n) is 23.6. The van der Waals surface area contributed by atoms with Crippen LogP contribution in [-0.4, -0.2) is 61.1 Å². The minimum Gasteiger partial charge on any atom is -0.368 e. The molecule has 1 saturated heterocycles. The van der Waals surface area contributed by atoms with Gasteiger partial charge in [-0.25, -0.2) is 19.2 Å². The van der Waals surface area contributed by atoms with Crippen molar-refractivity contribution < 1.29 is 10.6 Å². The first-order valence-corrected chi connectivity index (χ1v) is 13.5. The summed E-state index contributed by atoms with van der Waals surface area (Å²) in [6.45, 7) is 12.0. The van der Waals surface area contributed by atoms with Gasteiger partial charge < -0.3 is 14.8 Å². The van der Waals surface area contributed by atoms with E-state index >= 15 is 0 Å². The van der Waals surface area contributed by atoms with Crippen molar-refractivity contribution in [2.75, 3.05) is 36.4 Å². The summed E-state index contributed by atoms with van der Waals surface area (Å²) in [7, 11) is 1.36. The predicted molar refractivity (Wildman–Crippen MR) is 157 cm³/mol. The first-order chi connectivity index (χ1) is 19.4. The van der Waals surface area contributed by atoms with Crippen LogP contribution in [0.2, 0.25) is 0 Å². The SMILES string of the molecule is CC.CC.Cn1c(=O)[nH]c2ncn(CC(=O)Nc3ccc(N4CCN(Cc5ccc(F)cc5)CC4)cn3)c2c1=O.[HH]. The third-order valence-corrected chi connectivity index (χ3v) is 6.26. The molecule has 216 valence electrons. The van der Waals surface area contributed by atoms with Crippen molar-refractivity contribution in [2.45, 2.75) is 40.8 Å². The molecular weight excluding hydrogens is 515 g/mol. The van der Waals surface area contributed by atoms with Crippen LogP contribution in [-0.2, 0) is 24.9 Å².